The molecule has 0 saturated heterocycles. The zero-order valence-corrected chi connectivity index (χ0v) is 25.3. The maximum atomic E-state index is 2.34. The van der Waals surface area contributed by atoms with Crippen LogP contribution in [0.15, 0.2) is 182 Å². The summed E-state index contributed by atoms with van der Waals surface area (Å²) in [6.45, 7) is 0. The lowest BCUT2D eigenvalue weighted by Crippen LogP contribution is -1.86. The largest absolute Gasteiger partial charge is 0.0622 e. The van der Waals surface area contributed by atoms with Crippen LogP contribution < -0.4 is 0 Å². The summed E-state index contributed by atoms with van der Waals surface area (Å²) < 4.78 is 0. The van der Waals surface area contributed by atoms with Crippen LogP contribution in [0, 0.1) is 0 Å². The Hall–Kier alpha value is -5.98. The Kier molecular flexibility index (Phi) is 6.25. The lowest BCUT2D eigenvalue weighted by atomic mass is 9.91. The van der Waals surface area contributed by atoms with E-state index < -0.39 is 0 Å². The van der Waals surface area contributed by atoms with E-state index in [9.17, 15) is 0 Å². The first kappa shape index (κ1) is 26.4. The summed E-state index contributed by atoms with van der Waals surface area (Å²) in [5.41, 5.74) is 9.95. The Balaban J connectivity index is 1.08. The molecule has 0 amide bonds. The molecule has 0 atom stereocenters. The zero-order valence-electron chi connectivity index (χ0n) is 25.3. The maximum absolute atomic E-state index is 2.34. The summed E-state index contributed by atoms with van der Waals surface area (Å²) in [4.78, 5) is 0. The third-order valence-corrected chi connectivity index (χ3v) is 9.41. The van der Waals surface area contributed by atoms with E-state index in [4.69, 9.17) is 0 Å². The van der Waals surface area contributed by atoms with Crippen LogP contribution in [0.1, 0.15) is 0 Å². The molecule has 0 heterocycles. The molecule has 0 N–H and O–H groups in total. The summed E-state index contributed by atoms with van der Waals surface area (Å²) >= 11 is 0. The van der Waals surface area contributed by atoms with Crippen molar-refractivity contribution in [1.82, 2.24) is 0 Å². The highest BCUT2D eigenvalue weighted by atomic mass is 14.1. The molecule has 0 heteroatoms. The van der Waals surface area contributed by atoms with E-state index in [1.165, 1.54) is 87.6 Å². The van der Waals surface area contributed by atoms with Crippen LogP contribution in [0.5, 0.6) is 0 Å². The van der Waals surface area contributed by atoms with Gasteiger partial charge in [0.15, 0.2) is 0 Å². The van der Waals surface area contributed by atoms with Crippen LogP contribution in [0.25, 0.3) is 87.6 Å². The van der Waals surface area contributed by atoms with Crippen molar-refractivity contribution in [2.75, 3.05) is 0 Å². The van der Waals surface area contributed by atoms with Gasteiger partial charge in [-0.25, -0.2) is 0 Å². The quantitative estimate of drug-likeness (QED) is 0.181. The van der Waals surface area contributed by atoms with Crippen molar-refractivity contribution in [2.45, 2.75) is 0 Å². The van der Waals surface area contributed by atoms with Gasteiger partial charge in [-0.05, 0) is 118 Å². The van der Waals surface area contributed by atoms with Gasteiger partial charge in [0.05, 0.1) is 0 Å². The molecule has 0 nitrogen and oxygen atoms in total. The molecule has 9 aromatic carbocycles. The van der Waals surface area contributed by atoms with E-state index in [-0.39, 0.29) is 0 Å². The van der Waals surface area contributed by atoms with Gasteiger partial charge < -0.3 is 0 Å². The summed E-state index contributed by atoms with van der Waals surface area (Å²) in [6.07, 6.45) is 0. The van der Waals surface area contributed by atoms with Gasteiger partial charge >= 0.3 is 0 Å². The molecule has 0 aliphatic heterocycles. The fraction of sp³-hybridized carbons (Fsp3) is 0. The predicted octanol–water partition coefficient (Wildman–Crippen LogP) is 13.0. The van der Waals surface area contributed by atoms with Crippen molar-refractivity contribution in [3.8, 4) is 44.5 Å². The molecule has 0 aliphatic carbocycles. The average Bonchev–Trinajstić information content (AvgIpc) is 3.14. The van der Waals surface area contributed by atoms with Gasteiger partial charge in [0.1, 0.15) is 0 Å². The van der Waals surface area contributed by atoms with Crippen LogP contribution >= 0.6 is 0 Å². The van der Waals surface area contributed by atoms with E-state index in [1.807, 2.05) is 0 Å². The first-order chi connectivity index (χ1) is 22.8. The van der Waals surface area contributed by atoms with Crippen molar-refractivity contribution < 1.29 is 0 Å². The summed E-state index contributed by atoms with van der Waals surface area (Å²) in [7, 11) is 0. The van der Waals surface area contributed by atoms with Crippen molar-refractivity contribution in [3.63, 3.8) is 0 Å². The molecular formula is C46H30. The SMILES string of the molecule is c1ccc(-c2cccc3cc(-c4ccc5cc(-c6cccc(-c7cc8ccccc8c8ccccc78)c6)ccc5c4)ccc23)cc1. The molecular weight excluding hydrogens is 553 g/mol. The third-order valence-electron chi connectivity index (χ3n) is 9.41. The minimum atomic E-state index is 1.23. The Morgan fingerprint density at radius 1 is 0.196 bits per heavy atom. The zero-order chi connectivity index (χ0) is 30.5. The van der Waals surface area contributed by atoms with Gasteiger partial charge in [0.2, 0.25) is 0 Å². The Labute approximate surface area is 268 Å². The van der Waals surface area contributed by atoms with Crippen LogP contribution in [-0.4, -0.2) is 0 Å². The van der Waals surface area contributed by atoms with Crippen molar-refractivity contribution >= 4 is 43.1 Å². The Morgan fingerprint density at radius 2 is 0.717 bits per heavy atom. The second-order valence-corrected chi connectivity index (χ2v) is 12.2. The van der Waals surface area contributed by atoms with Crippen molar-refractivity contribution in [2.24, 2.45) is 0 Å². The van der Waals surface area contributed by atoms with Crippen LogP contribution in [0.2, 0.25) is 0 Å². The molecule has 0 aromatic heterocycles. The van der Waals surface area contributed by atoms with E-state index in [2.05, 4.69) is 182 Å². The second-order valence-electron chi connectivity index (χ2n) is 12.2. The molecule has 0 radical (unpaired) electrons. The highest BCUT2D eigenvalue weighted by molar-refractivity contribution is 6.14. The standard InChI is InChI=1S/C46H30/c1-2-10-31(11-3-1)41-19-9-15-38-29-37(24-25-43(38)41)36-23-22-34-26-33(20-21-35(34)27-36)32-13-8-14-39(28-32)46-30-40-12-4-5-16-42(40)44-17-6-7-18-45(44)46/h1-30H. The fourth-order valence-corrected chi connectivity index (χ4v) is 7.10. The average molecular weight is 583 g/mol. The molecule has 0 bridgehead atoms. The summed E-state index contributed by atoms with van der Waals surface area (Å²) in [6, 6.07) is 66.5. The van der Waals surface area contributed by atoms with Crippen LogP contribution in [0.4, 0.5) is 0 Å². The van der Waals surface area contributed by atoms with E-state index >= 15 is 0 Å². The number of hydrogen-bond acceptors (Lipinski definition) is 0. The molecule has 9 rings (SSSR count). The van der Waals surface area contributed by atoms with Crippen molar-refractivity contribution in [1.29, 1.82) is 0 Å². The minimum absolute atomic E-state index is 1.23. The molecule has 214 valence electrons. The second kappa shape index (κ2) is 10.9. The fourth-order valence-electron chi connectivity index (χ4n) is 7.10. The van der Waals surface area contributed by atoms with Crippen LogP contribution in [-0.2, 0) is 0 Å². The van der Waals surface area contributed by atoms with E-state index in [1.54, 1.807) is 0 Å². The highest BCUT2D eigenvalue weighted by Crippen LogP contribution is 2.37. The molecule has 46 heavy (non-hydrogen) atoms. The number of benzene rings is 9. The number of rotatable bonds is 4. The van der Waals surface area contributed by atoms with Gasteiger partial charge in [0, 0.05) is 0 Å². The minimum Gasteiger partial charge on any atom is -0.0622 e. The molecule has 0 fully saturated rings. The van der Waals surface area contributed by atoms with Gasteiger partial charge in [0.25, 0.3) is 0 Å². The first-order valence-corrected chi connectivity index (χ1v) is 15.9. The van der Waals surface area contributed by atoms with E-state index in [0.717, 1.165) is 0 Å². The van der Waals surface area contributed by atoms with Gasteiger partial charge in [-0.15, -0.1) is 0 Å². The van der Waals surface area contributed by atoms with E-state index in [0.29, 0.717) is 0 Å². The van der Waals surface area contributed by atoms with Crippen LogP contribution in [0.3, 0.4) is 0 Å². The first-order valence-electron chi connectivity index (χ1n) is 15.9. The Bertz CT molecular complexity index is 2570. The molecule has 0 aliphatic rings. The lowest BCUT2D eigenvalue weighted by molar-refractivity contribution is 1.62. The summed E-state index contributed by atoms with van der Waals surface area (Å²) in [5.74, 6) is 0. The third kappa shape index (κ3) is 4.55. The maximum Gasteiger partial charge on any atom is -0.00988 e. The molecule has 0 spiro atoms. The highest BCUT2D eigenvalue weighted by Gasteiger charge is 2.11. The van der Waals surface area contributed by atoms with Gasteiger partial charge in [-0.2, -0.15) is 0 Å². The van der Waals surface area contributed by atoms with Crippen molar-refractivity contribution in [3.05, 3.63) is 182 Å². The molecule has 9 aromatic rings. The normalized spacial score (nSPS) is 11.5. The smallest absolute Gasteiger partial charge is 0.00988 e. The molecule has 0 unspecified atom stereocenters. The monoisotopic (exact) mass is 582 g/mol. The van der Waals surface area contributed by atoms with Gasteiger partial charge in [-0.1, -0.05) is 152 Å². The predicted molar refractivity (Wildman–Crippen MR) is 198 cm³/mol. The topological polar surface area (TPSA) is 0 Å². The summed E-state index contributed by atoms with van der Waals surface area (Å²) in [5, 5.41) is 10.2. The Morgan fingerprint density at radius 3 is 1.50 bits per heavy atom. The number of hydrogen-bond donors (Lipinski definition) is 0. The number of fused-ring (bicyclic) bond motifs is 5. The molecule has 0 saturated carbocycles. The van der Waals surface area contributed by atoms with Gasteiger partial charge in [-0.3, -0.25) is 0 Å². The lowest BCUT2D eigenvalue weighted by Gasteiger charge is -2.13.